The number of rotatable bonds is 3. The fourth-order valence-corrected chi connectivity index (χ4v) is 5.29. The van der Waals surface area contributed by atoms with Crippen LogP contribution in [0.5, 0.6) is 0 Å². The number of amides is 1. The maximum Gasteiger partial charge on any atom is 0.227 e. The molecule has 0 bridgehead atoms. The van der Waals surface area contributed by atoms with E-state index in [1.54, 1.807) is 11.3 Å². The van der Waals surface area contributed by atoms with Gasteiger partial charge in [0.25, 0.3) is 0 Å². The van der Waals surface area contributed by atoms with Crippen molar-refractivity contribution in [3.8, 4) is 0 Å². The third kappa shape index (κ3) is 2.93. The van der Waals surface area contributed by atoms with Crippen LogP contribution in [0.2, 0.25) is 0 Å². The van der Waals surface area contributed by atoms with E-state index >= 15 is 0 Å². The molecule has 30 heavy (non-hydrogen) atoms. The smallest absolute Gasteiger partial charge is 0.227 e. The molecule has 0 saturated carbocycles. The summed E-state index contributed by atoms with van der Waals surface area (Å²) in [6.07, 6.45) is 5.20. The Balaban J connectivity index is 1.29. The molecule has 9 heteroatoms. The Labute approximate surface area is 176 Å². The Kier molecular flexibility index (Phi) is 4.17. The second-order valence-electron chi connectivity index (χ2n) is 7.64. The molecular formula is C21H20N6O2S. The summed E-state index contributed by atoms with van der Waals surface area (Å²) >= 11 is 1.58. The number of hydrogen-bond donors (Lipinski definition) is 1. The molecule has 3 aromatic heterocycles. The lowest BCUT2D eigenvalue weighted by atomic mass is 10.0. The van der Waals surface area contributed by atoms with Crippen LogP contribution in [0.3, 0.4) is 0 Å². The third-order valence-electron chi connectivity index (χ3n) is 5.80. The second-order valence-corrected chi connectivity index (χ2v) is 8.70. The van der Waals surface area contributed by atoms with Gasteiger partial charge in [0.15, 0.2) is 0 Å². The maximum atomic E-state index is 12.1. The van der Waals surface area contributed by atoms with Gasteiger partial charge in [-0.2, -0.15) is 5.10 Å². The molecule has 0 aliphatic carbocycles. The Morgan fingerprint density at radius 2 is 2.20 bits per heavy atom. The van der Waals surface area contributed by atoms with Crippen molar-refractivity contribution in [2.24, 2.45) is 0 Å². The highest BCUT2D eigenvalue weighted by Gasteiger charge is 2.27. The lowest BCUT2D eigenvalue weighted by molar-refractivity contribution is -0.117. The Morgan fingerprint density at radius 3 is 3.10 bits per heavy atom. The van der Waals surface area contributed by atoms with E-state index in [4.69, 9.17) is 9.72 Å². The van der Waals surface area contributed by atoms with Crippen LogP contribution in [0.25, 0.3) is 21.1 Å². The van der Waals surface area contributed by atoms with Crippen molar-refractivity contribution in [3.63, 3.8) is 0 Å². The van der Waals surface area contributed by atoms with Crippen LogP contribution >= 0.6 is 11.3 Å². The normalized spacial score (nSPS) is 20.0. The van der Waals surface area contributed by atoms with Gasteiger partial charge in [-0.05, 0) is 24.1 Å². The minimum Gasteiger partial charge on any atom is -0.370 e. The van der Waals surface area contributed by atoms with Gasteiger partial charge in [0.2, 0.25) is 11.9 Å². The van der Waals surface area contributed by atoms with Gasteiger partial charge in [0.05, 0.1) is 41.3 Å². The number of ether oxygens (including phenoxy) is 1. The summed E-state index contributed by atoms with van der Waals surface area (Å²) in [4.78, 5) is 25.5. The molecule has 1 atom stereocenters. The number of hydrogen-bond acceptors (Lipinski definition) is 7. The van der Waals surface area contributed by atoms with Crippen molar-refractivity contribution in [3.05, 3.63) is 42.2 Å². The molecule has 2 aliphatic heterocycles. The summed E-state index contributed by atoms with van der Waals surface area (Å²) in [7, 11) is 0. The third-order valence-corrected chi connectivity index (χ3v) is 6.88. The number of thiophene rings is 1. The first kappa shape index (κ1) is 17.8. The zero-order valence-corrected chi connectivity index (χ0v) is 17.1. The number of nitrogens with one attached hydrogen (secondary N) is 1. The van der Waals surface area contributed by atoms with Crippen molar-refractivity contribution < 1.29 is 9.53 Å². The molecule has 6 rings (SSSR count). The van der Waals surface area contributed by atoms with Gasteiger partial charge in [-0.25, -0.2) is 9.97 Å². The summed E-state index contributed by atoms with van der Waals surface area (Å²) in [5.41, 5.74) is 3.02. The molecule has 8 nitrogen and oxygen atoms in total. The minimum atomic E-state index is -0.0698. The zero-order chi connectivity index (χ0) is 20.1. The van der Waals surface area contributed by atoms with Crippen molar-refractivity contribution in [1.29, 1.82) is 0 Å². The fourth-order valence-electron chi connectivity index (χ4n) is 4.27. The van der Waals surface area contributed by atoms with Crippen LogP contribution in [0.1, 0.15) is 24.5 Å². The summed E-state index contributed by atoms with van der Waals surface area (Å²) in [5.74, 6) is 0.895. The molecule has 2 aliphatic rings. The van der Waals surface area contributed by atoms with E-state index in [2.05, 4.69) is 26.1 Å². The van der Waals surface area contributed by atoms with E-state index in [-0.39, 0.29) is 12.0 Å². The highest BCUT2D eigenvalue weighted by Crippen LogP contribution is 2.35. The molecule has 4 aromatic rings. The predicted molar refractivity (Wildman–Crippen MR) is 116 cm³/mol. The van der Waals surface area contributed by atoms with E-state index in [0.717, 1.165) is 51.2 Å². The molecule has 2 saturated heterocycles. The number of H-pyrrole nitrogens is 1. The van der Waals surface area contributed by atoms with Crippen LogP contribution in [0.4, 0.5) is 10.9 Å². The number of aromatic amines is 1. The molecule has 2 fully saturated rings. The van der Waals surface area contributed by atoms with Crippen molar-refractivity contribution in [2.45, 2.75) is 18.9 Å². The molecule has 5 heterocycles. The van der Waals surface area contributed by atoms with Crippen molar-refractivity contribution >= 4 is 49.3 Å². The summed E-state index contributed by atoms with van der Waals surface area (Å²) in [6, 6.07) is 8.14. The highest BCUT2D eigenvalue weighted by molar-refractivity contribution is 7.22. The van der Waals surface area contributed by atoms with Crippen LogP contribution in [-0.2, 0) is 9.53 Å². The molecule has 1 amide bonds. The van der Waals surface area contributed by atoms with Gasteiger partial charge in [-0.15, -0.1) is 11.3 Å². The summed E-state index contributed by atoms with van der Waals surface area (Å²) in [6.45, 7) is 2.82. The number of benzene rings is 1. The molecule has 1 N–H and O–H groups in total. The largest absolute Gasteiger partial charge is 0.370 e. The lowest BCUT2D eigenvalue weighted by Crippen LogP contribution is -2.39. The number of carbonyl (C=O) groups is 1. The average Bonchev–Trinajstić information content (AvgIpc) is 3.51. The van der Waals surface area contributed by atoms with Crippen LogP contribution in [0.15, 0.2) is 36.7 Å². The highest BCUT2D eigenvalue weighted by atomic mass is 32.1. The molecule has 152 valence electrons. The van der Waals surface area contributed by atoms with Crippen LogP contribution in [-0.4, -0.2) is 52.3 Å². The Morgan fingerprint density at radius 1 is 1.23 bits per heavy atom. The minimum absolute atomic E-state index is 0.0698. The number of aromatic nitrogens is 4. The number of morpholine rings is 1. The van der Waals surface area contributed by atoms with Crippen molar-refractivity contribution in [1.82, 2.24) is 20.2 Å². The van der Waals surface area contributed by atoms with Gasteiger partial charge in [-0.3, -0.25) is 9.89 Å². The van der Waals surface area contributed by atoms with E-state index < -0.39 is 0 Å². The van der Waals surface area contributed by atoms with Crippen LogP contribution in [0, 0.1) is 0 Å². The molecular weight excluding hydrogens is 400 g/mol. The van der Waals surface area contributed by atoms with E-state index in [1.165, 1.54) is 0 Å². The molecule has 0 radical (unpaired) electrons. The molecule has 1 unspecified atom stereocenters. The van der Waals surface area contributed by atoms with E-state index in [0.29, 0.717) is 25.5 Å². The summed E-state index contributed by atoms with van der Waals surface area (Å²) < 4.78 is 7.08. The van der Waals surface area contributed by atoms with Crippen LogP contribution < -0.4 is 9.80 Å². The Bertz CT molecular complexity index is 1250. The average molecular weight is 420 g/mol. The van der Waals surface area contributed by atoms with Gasteiger partial charge < -0.3 is 14.5 Å². The number of anilines is 2. The summed E-state index contributed by atoms with van der Waals surface area (Å²) in [5, 5.41) is 9.23. The number of nitrogens with zero attached hydrogens (tertiary/aromatic N) is 5. The maximum absolute atomic E-state index is 12.1. The van der Waals surface area contributed by atoms with Gasteiger partial charge in [0, 0.05) is 24.9 Å². The fraction of sp³-hybridized carbons (Fsp3) is 0.333. The second kappa shape index (κ2) is 7.03. The first-order valence-electron chi connectivity index (χ1n) is 10.1. The van der Waals surface area contributed by atoms with E-state index in [1.807, 2.05) is 35.5 Å². The quantitative estimate of drug-likeness (QED) is 0.547. The van der Waals surface area contributed by atoms with Gasteiger partial charge in [-0.1, -0.05) is 12.1 Å². The standard InChI is InChI=1S/C21H20N6O2S/c28-19-5-2-6-27(19)20-9-16-18(30-20)11-22-21(24-16)26-7-8-29-17(12-26)13-3-1-4-15-14(13)10-23-25-15/h1,3-4,9-11,17H,2,5-8,12H2,(H,23,25). The zero-order valence-electron chi connectivity index (χ0n) is 16.2. The number of fused-ring (bicyclic) bond motifs is 2. The molecule has 1 aromatic carbocycles. The topological polar surface area (TPSA) is 87.2 Å². The predicted octanol–water partition coefficient (Wildman–Crippen LogP) is 3.27. The lowest BCUT2D eigenvalue weighted by Gasteiger charge is -2.33. The Hall–Kier alpha value is -3.04. The first-order valence-corrected chi connectivity index (χ1v) is 10.9. The SMILES string of the molecule is O=C1CCCN1c1cc2nc(N3CCOC(c4cccc5[nH]ncc45)C3)ncc2s1. The molecule has 0 spiro atoms. The number of carbonyl (C=O) groups excluding carboxylic acids is 1. The van der Waals surface area contributed by atoms with E-state index in [9.17, 15) is 4.79 Å². The van der Waals surface area contributed by atoms with Crippen molar-refractivity contribution in [2.75, 3.05) is 36.0 Å². The van der Waals surface area contributed by atoms with Gasteiger partial charge >= 0.3 is 0 Å². The monoisotopic (exact) mass is 420 g/mol. The first-order chi connectivity index (χ1) is 14.8. The van der Waals surface area contributed by atoms with Gasteiger partial charge in [0.1, 0.15) is 11.1 Å².